The molecule has 0 aliphatic carbocycles. The fourth-order valence-corrected chi connectivity index (χ4v) is 3.14. The van der Waals surface area contributed by atoms with Crippen molar-refractivity contribution in [3.8, 4) is 0 Å². The van der Waals surface area contributed by atoms with E-state index in [0.717, 1.165) is 32.1 Å². The Bertz CT molecular complexity index is 468. The first kappa shape index (κ1) is 29.6. The van der Waals surface area contributed by atoms with E-state index in [0.29, 0.717) is 13.0 Å². The lowest BCUT2D eigenvalue weighted by Crippen LogP contribution is -2.27. The van der Waals surface area contributed by atoms with Gasteiger partial charge in [-0.3, -0.25) is 4.79 Å². The van der Waals surface area contributed by atoms with Crippen LogP contribution in [0.2, 0.25) is 0 Å². The van der Waals surface area contributed by atoms with Gasteiger partial charge in [-0.1, -0.05) is 88.8 Å². The van der Waals surface area contributed by atoms with Crippen LogP contribution >= 0.6 is 0 Å². The van der Waals surface area contributed by atoms with Gasteiger partial charge in [0.25, 0.3) is 0 Å². The van der Waals surface area contributed by atoms with E-state index in [4.69, 9.17) is 9.47 Å². The number of esters is 1. The molecule has 0 spiro atoms. The van der Waals surface area contributed by atoms with Gasteiger partial charge in [-0.15, -0.1) is 0 Å². The molecular weight excluding hydrogens is 388 g/mol. The molecule has 4 nitrogen and oxygen atoms in total. The third kappa shape index (κ3) is 23.1. The summed E-state index contributed by atoms with van der Waals surface area (Å²) in [4.78, 5) is 11.4. The van der Waals surface area contributed by atoms with Crippen molar-refractivity contribution in [2.75, 3.05) is 19.8 Å². The highest BCUT2D eigenvalue weighted by molar-refractivity contribution is 5.69. The van der Waals surface area contributed by atoms with Crippen LogP contribution in [0.5, 0.6) is 0 Å². The summed E-state index contributed by atoms with van der Waals surface area (Å²) in [7, 11) is 0. The molecule has 0 aromatic heterocycles. The summed E-state index contributed by atoms with van der Waals surface area (Å²) in [5, 5.41) is 9.24. The molecule has 0 aliphatic heterocycles. The lowest BCUT2D eigenvalue weighted by atomic mass is 10.1. The number of rotatable bonds is 22. The number of hydrogen-bond acceptors (Lipinski definition) is 4. The molecule has 31 heavy (non-hydrogen) atoms. The number of allylic oxidation sites excluding steroid dienone is 6. The second kappa shape index (κ2) is 24.9. The second-order valence-electron chi connectivity index (χ2n) is 8.03. The van der Waals surface area contributed by atoms with Gasteiger partial charge in [0, 0.05) is 13.0 Å². The average Bonchev–Trinajstić information content (AvgIpc) is 2.77. The van der Waals surface area contributed by atoms with E-state index in [-0.39, 0.29) is 19.2 Å². The van der Waals surface area contributed by atoms with E-state index >= 15 is 0 Å². The molecule has 0 heterocycles. The van der Waals surface area contributed by atoms with Gasteiger partial charge in [0.05, 0.1) is 13.2 Å². The minimum Gasteiger partial charge on any atom is -0.457 e. The van der Waals surface area contributed by atoms with Crippen molar-refractivity contribution >= 4 is 5.97 Å². The normalized spacial score (nSPS) is 13.0. The summed E-state index contributed by atoms with van der Waals surface area (Å²) in [5.74, 6) is -0.260. The molecule has 180 valence electrons. The molecule has 0 rings (SSSR count). The van der Waals surface area contributed by atoms with Crippen molar-refractivity contribution in [1.82, 2.24) is 0 Å². The Morgan fingerprint density at radius 1 is 0.806 bits per heavy atom. The van der Waals surface area contributed by atoms with Crippen molar-refractivity contribution in [2.24, 2.45) is 0 Å². The molecule has 0 aliphatic rings. The Hall–Kier alpha value is -1.39. The number of aliphatic hydroxyl groups excluding tert-OH is 1. The van der Waals surface area contributed by atoms with Crippen LogP contribution in [0.4, 0.5) is 0 Å². The number of hydrogen-bond donors (Lipinski definition) is 1. The fourth-order valence-electron chi connectivity index (χ4n) is 3.14. The van der Waals surface area contributed by atoms with Crippen molar-refractivity contribution in [1.29, 1.82) is 0 Å². The van der Waals surface area contributed by atoms with Crippen molar-refractivity contribution in [3.63, 3.8) is 0 Å². The molecule has 0 amide bonds. The third-order valence-electron chi connectivity index (χ3n) is 4.95. The summed E-state index contributed by atoms with van der Waals surface area (Å²) < 4.78 is 10.7. The van der Waals surface area contributed by atoms with E-state index in [1.165, 1.54) is 51.4 Å². The Morgan fingerprint density at radius 2 is 1.39 bits per heavy atom. The van der Waals surface area contributed by atoms with E-state index < -0.39 is 6.10 Å². The fraction of sp³-hybridized carbons (Fsp3) is 0.741. The second-order valence-corrected chi connectivity index (χ2v) is 8.03. The zero-order valence-corrected chi connectivity index (χ0v) is 20.2. The number of ether oxygens (including phenoxy) is 2. The van der Waals surface area contributed by atoms with Crippen LogP contribution in [-0.2, 0) is 14.3 Å². The van der Waals surface area contributed by atoms with Crippen LogP contribution in [0.1, 0.15) is 104 Å². The molecule has 0 aromatic carbocycles. The summed E-state index contributed by atoms with van der Waals surface area (Å²) in [6.07, 6.45) is 28.5. The largest absolute Gasteiger partial charge is 0.457 e. The summed E-state index contributed by atoms with van der Waals surface area (Å²) in [6, 6.07) is 0. The summed E-state index contributed by atoms with van der Waals surface area (Å²) >= 11 is 0. The van der Waals surface area contributed by atoms with E-state index in [2.05, 4.69) is 43.4 Å². The first-order valence-electron chi connectivity index (χ1n) is 12.6. The van der Waals surface area contributed by atoms with Crippen LogP contribution in [0, 0.1) is 0 Å². The molecule has 1 unspecified atom stereocenters. The molecule has 0 saturated carbocycles. The molecule has 0 fully saturated rings. The zero-order valence-electron chi connectivity index (χ0n) is 20.2. The van der Waals surface area contributed by atoms with Gasteiger partial charge in [-0.25, -0.2) is 0 Å². The van der Waals surface area contributed by atoms with Crippen LogP contribution in [0.25, 0.3) is 0 Å². The molecule has 0 radical (unpaired) electrons. The standard InChI is InChI=1S/C27H48O4/c1-3-5-6-7-8-9-10-11-12-13-14-15-16-17-18-19-20-21-23-30-25-26(24-28)31-27(29)22-4-2/h5-6,8-9,11-12,26,28H,3-4,7,10,13-25H2,1-2H3/b6-5-,9-8-,12-11-. The number of carbonyl (C=O) groups excluding carboxylic acids is 1. The monoisotopic (exact) mass is 436 g/mol. The maximum absolute atomic E-state index is 11.4. The first-order chi connectivity index (χ1) is 15.2. The van der Waals surface area contributed by atoms with Gasteiger partial charge in [-0.05, 0) is 44.9 Å². The van der Waals surface area contributed by atoms with Crippen LogP contribution in [0.3, 0.4) is 0 Å². The van der Waals surface area contributed by atoms with Gasteiger partial charge in [0.15, 0.2) is 0 Å². The minimum atomic E-state index is -0.529. The Balaban J connectivity index is 3.35. The highest BCUT2D eigenvalue weighted by Gasteiger charge is 2.12. The molecule has 4 heteroatoms. The predicted molar refractivity (Wildman–Crippen MR) is 131 cm³/mol. The van der Waals surface area contributed by atoms with Gasteiger partial charge in [0.2, 0.25) is 0 Å². The lowest BCUT2D eigenvalue weighted by Gasteiger charge is -2.15. The predicted octanol–water partition coefficient (Wildman–Crippen LogP) is 7.08. The van der Waals surface area contributed by atoms with Crippen molar-refractivity contribution in [2.45, 2.75) is 110 Å². The molecule has 0 saturated heterocycles. The van der Waals surface area contributed by atoms with Gasteiger partial charge in [0.1, 0.15) is 6.10 Å². The summed E-state index contributed by atoms with van der Waals surface area (Å²) in [6.45, 7) is 4.86. The number of carbonyl (C=O) groups is 1. The molecule has 0 bridgehead atoms. The Labute approximate surface area is 191 Å². The van der Waals surface area contributed by atoms with Crippen LogP contribution in [0.15, 0.2) is 36.5 Å². The maximum Gasteiger partial charge on any atom is 0.306 e. The van der Waals surface area contributed by atoms with E-state index in [1.54, 1.807) is 0 Å². The Kier molecular flexibility index (Phi) is 23.8. The zero-order chi connectivity index (χ0) is 22.8. The molecular formula is C27H48O4. The SMILES string of the molecule is CC/C=C\C/C=C\C/C=C\CCCCCCCCCCOCC(CO)OC(=O)CCC. The van der Waals surface area contributed by atoms with Gasteiger partial charge >= 0.3 is 5.97 Å². The molecule has 1 N–H and O–H groups in total. The number of unbranched alkanes of at least 4 members (excludes halogenated alkanes) is 8. The minimum absolute atomic E-state index is 0.181. The van der Waals surface area contributed by atoms with Crippen molar-refractivity contribution in [3.05, 3.63) is 36.5 Å². The van der Waals surface area contributed by atoms with E-state index in [1.807, 2.05) is 6.92 Å². The lowest BCUT2D eigenvalue weighted by molar-refractivity contribution is -0.154. The quantitative estimate of drug-likeness (QED) is 0.112. The topological polar surface area (TPSA) is 55.8 Å². The first-order valence-corrected chi connectivity index (χ1v) is 12.6. The van der Waals surface area contributed by atoms with Gasteiger partial charge < -0.3 is 14.6 Å². The summed E-state index contributed by atoms with van der Waals surface area (Å²) in [5.41, 5.74) is 0. The van der Waals surface area contributed by atoms with Crippen molar-refractivity contribution < 1.29 is 19.4 Å². The third-order valence-corrected chi connectivity index (χ3v) is 4.95. The van der Waals surface area contributed by atoms with Crippen LogP contribution in [-0.4, -0.2) is 37.0 Å². The van der Waals surface area contributed by atoms with E-state index in [9.17, 15) is 9.90 Å². The molecule has 0 aromatic rings. The maximum atomic E-state index is 11.4. The van der Waals surface area contributed by atoms with Gasteiger partial charge in [-0.2, -0.15) is 0 Å². The highest BCUT2D eigenvalue weighted by atomic mass is 16.6. The molecule has 1 atom stereocenters. The van der Waals surface area contributed by atoms with Crippen LogP contribution < -0.4 is 0 Å². The Morgan fingerprint density at radius 3 is 2.00 bits per heavy atom. The smallest absolute Gasteiger partial charge is 0.306 e. The average molecular weight is 437 g/mol. The number of aliphatic hydroxyl groups is 1. The highest BCUT2D eigenvalue weighted by Crippen LogP contribution is 2.10.